The third-order valence-corrected chi connectivity index (χ3v) is 7.86. The Morgan fingerprint density at radius 3 is 2.18 bits per heavy atom. The number of benzene rings is 3. The van der Waals surface area contributed by atoms with E-state index in [9.17, 15) is 4.79 Å². The lowest BCUT2D eigenvalue weighted by Crippen LogP contribution is -2.16. The molecule has 0 radical (unpaired) electrons. The van der Waals surface area contributed by atoms with Crippen LogP contribution in [0.25, 0.3) is 22.5 Å². The highest BCUT2D eigenvalue weighted by Gasteiger charge is 2.46. The number of carbonyl (C=O) groups is 1. The second-order valence-corrected chi connectivity index (χ2v) is 11.0. The van der Waals surface area contributed by atoms with Crippen LogP contribution < -0.4 is 5.32 Å². The number of rotatable bonds is 11. The number of carbonyl (C=O) groups excluding carboxylic acids is 1. The monoisotopic (exact) mass is 522 g/mol. The molecule has 1 atom stereocenters. The molecule has 0 bridgehead atoms. The van der Waals surface area contributed by atoms with Crippen LogP contribution in [0.3, 0.4) is 0 Å². The minimum absolute atomic E-state index is 0.0422. The van der Waals surface area contributed by atoms with Gasteiger partial charge in [0, 0.05) is 17.0 Å². The summed E-state index contributed by atoms with van der Waals surface area (Å²) in [7, 11) is 0. The minimum atomic E-state index is -0.105. The molecule has 5 nitrogen and oxygen atoms in total. The number of ether oxygens (including phenoxy) is 1. The molecule has 1 aliphatic carbocycles. The molecule has 3 aromatic carbocycles. The van der Waals surface area contributed by atoms with Crippen molar-refractivity contribution in [1.29, 1.82) is 0 Å². The van der Waals surface area contributed by atoms with Crippen LogP contribution in [0, 0.1) is 13.8 Å². The van der Waals surface area contributed by atoms with Crippen molar-refractivity contribution in [1.82, 2.24) is 5.16 Å². The number of hydrogen-bond acceptors (Lipinski definition) is 5. The van der Waals surface area contributed by atoms with Crippen molar-refractivity contribution in [3.8, 4) is 22.5 Å². The molecule has 5 rings (SSSR count). The Bertz CT molecular complexity index is 1400. The predicted octanol–water partition coefficient (Wildman–Crippen LogP) is 8.04. The maximum absolute atomic E-state index is 12.1. The topological polar surface area (TPSA) is 64.4 Å². The average molecular weight is 523 g/mol. The third-order valence-electron chi connectivity index (χ3n) is 7.86. The number of aromatic nitrogens is 1. The average Bonchev–Trinajstić information content (AvgIpc) is 3.64. The van der Waals surface area contributed by atoms with Crippen LogP contribution in [0.15, 0.2) is 77.3 Å². The summed E-state index contributed by atoms with van der Waals surface area (Å²) in [6.07, 6.45) is 4.58. The number of nitrogens with zero attached hydrogens (tertiary/aromatic N) is 1. The van der Waals surface area contributed by atoms with E-state index in [4.69, 9.17) is 9.26 Å². The summed E-state index contributed by atoms with van der Waals surface area (Å²) in [4.78, 5) is 12.1. The number of anilines is 1. The second-order valence-electron chi connectivity index (χ2n) is 11.0. The Balaban J connectivity index is 1.24. The Hall–Kier alpha value is -3.86. The summed E-state index contributed by atoms with van der Waals surface area (Å²) in [5, 5.41) is 7.90. The normalized spacial score (nSPS) is 14.6. The van der Waals surface area contributed by atoms with Gasteiger partial charge in [-0.25, -0.2) is 0 Å². The van der Waals surface area contributed by atoms with E-state index in [1.165, 1.54) is 16.7 Å². The van der Waals surface area contributed by atoms with Gasteiger partial charge in [-0.15, -0.1) is 0 Å². The van der Waals surface area contributed by atoms with Gasteiger partial charge in [-0.2, -0.15) is 0 Å². The van der Waals surface area contributed by atoms with Crippen molar-refractivity contribution < 1.29 is 14.1 Å². The van der Waals surface area contributed by atoms with E-state index < -0.39 is 0 Å². The summed E-state index contributed by atoms with van der Waals surface area (Å²) in [6, 6.07) is 26.1. The fourth-order valence-electron chi connectivity index (χ4n) is 5.23. The van der Waals surface area contributed by atoms with Crippen LogP contribution in [-0.2, 0) is 21.4 Å². The first-order chi connectivity index (χ1) is 18.9. The SMILES string of the molecule is CCOC(=O)CC1(c2ccc(-c3ccc(-c4onc(C)c4NC(C)CCc4ccc(C)cc4)cc3)cc2)CC1. The molecule has 202 valence electrons. The lowest BCUT2D eigenvalue weighted by atomic mass is 9.91. The molecule has 1 aromatic heterocycles. The molecule has 0 spiro atoms. The fourth-order valence-corrected chi connectivity index (χ4v) is 5.23. The summed E-state index contributed by atoms with van der Waals surface area (Å²) >= 11 is 0. The van der Waals surface area contributed by atoms with Crippen molar-refractivity contribution in [2.45, 2.75) is 71.3 Å². The van der Waals surface area contributed by atoms with Gasteiger partial charge in [0.15, 0.2) is 5.76 Å². The van der Waals surface area contributed by atoms with Crippen molar-refractivity contribution in [3.63, 3.8) is 0 Å². The van der Waals surface area contributed by atoms with Crippen molar-refractivity contribution >= 4 is 11.7 Å². The number of esters is 1. The van der Waals surface area contributed by atoms with Gasteiger partial charge in [-0.1, -0.05) is 83.5 Å². The predicted molar refractivity (Wildman–Crippen MR) is 157 cm³/mol. The highest BCUT2D eigenvalue weighted by atomic mass is 16.5. The van der Waals surface area contributed by atoms with Crippen LogP contribution in [0.1, 0.15) is 61.9 Å². The van der Waals surface area contributed by atoms with E-state index in [1.54, 1.807) is 0 Å². The largest absolute Gasteiger partial charge is 0.466 e. The molecular weight excluding hydrogens is 484 g/mol. The molecule has 4 aromatic rings. The Kier molecular flexibility index (Phi) is 7.87. The lowest BCUT2D eigenvalue weighted by Gasteiger charge is -2.16. The van der Waals surface area contributed by atoms with Crippen LogP contribution in [0.4, 0.5) is 5.69 Å². The van der Waals surface area contributed by atoms with Crippen LogP contribution >= 0.6 is 0 Å². The van der Waals surface area contributed by atoms with E-state index in [0.717, 1.165) is 59.5 Å². The summed E-state index contributed by atoms with van der Waals surface area (Å²) < 4.78 is 11.0. The third kappa shape index (κ3) is 6.25. The molecule has 1 heterocycles. The van der Waals surface area contributed by atoms with Gasteiger partial charge in [0.1, 0.15) is 11.4 Å². The fraction of sp³-hybridized carbons (Fsp3) is 0.353. The number of hydrogen-bond donors (Lipinski definition) is 1. The smallest absolute Gasteiger partial charge is 0.306 e. The van der Waals surface area contributed by atoms with Crippen LogP contribution in [0.2, 0.25) is 0 Å². The molecule has 39 heavy (non-hydrogen) atoms. The maximum atomic E-state index is 12.1. The molecule has 1 fully saturated rings. The zero-order valence-corrected chi connectivity index (χ0v) is 23.4. The minimum Gasteiger partial charge on any atom is -0.466 e. The Morgan fingerprint density at radius 1 is 0.949 bits per heavy atom. The first-order valence-corrected chi connectivity index (χ1v) is 14.0. The van der Waals surface area contributed by atoms with Gasteiger partial charge in [0.25, 0.3) is 0 Å². The van der Waals surface area contributed by atoms with Crippen LogP contribution in [-0.4, -0.2) is 23.8 Å². The highest BCUT2D eigenvalue weighted by molar-refractivity contribution is 5.77. The molecule has 1 N–H and O–H groups in total. The van der Waals surface area contributed by atoms with E-state index >= 15 is 0 Å². The highest BCUT2D eigenvalue weighted by Crippen LogP contribution is 2.51. The van der Waals surface area contributed by atoms with Gasteiger partial charge < -0.3 is 14.6 Å². The number of nitrogens with one attached hydrogen (secondary N) is 1. The van der Waals surface area contributed by atoms with Crippen molar-refractivity contribution in [2.75, 3.05) is 11.9 Å². The van der Waals surface area contributed by atoms with Crippen LogP contribution in [0.5, 0.6) is 0 Å². The molecule has 1 saturated carbocycles. The maximum Gasteiger partial charge on any atom is 0.306 e. The van der Waals surface area contributed by atoms with E-state index in [0.29, 0.717) is 13.0 Å². The molecule has 0 saturated heterocycles. The summed E-state index contributed by atoms with van der Waals surface area (Å²) in [6.45, 7) is 8.59. The quantitative estimate of drug-likeness (QED) is 0.202. The summed E-state index contributed by atoms with van der Waals surface area (Å²) in [5.41, 5.74) is 8.92. The lowest BCUT2D eigenvalue weighted by molar-refractivity contribution is -0.143. The first kappa shape index (κ1) is 26.7. The standard InChI is InChI=1S/C34H38N2O3/c1-5-38-31(37)22-34(20-21-34)30-18-16-28(17-19-30)27-12-14-29(15-13-27)33-32(25(4)36-39-33)35-24(3)8-11-26-9-6-23(2)7-10-26/h6-7,9-10,12-19,24,35H,5,8,11,20-22H2,1-4H3. The molecule has 1 aliphatic rings. The molecule has 0 aliphatic heterocycles. The summed E-state index contributed by atoms with van der Waals surface area (Å²) in [5.74, 6) is 0.665. The van der Waals surface area contributed by atoms with Gasteiger partial charge >= 0.3 is 5.97 Å². The van der Waals surface area contributed by atoms with E-state index in [-0.39, 0.29) is 17.4 Å². The molecule has 0 amide bonds. The van der Waals surface area contributed by atoms with Gasteiger partial charge in [0.2, 0.25) is 0 Å². The van der Waals surface area contributed by atoms with Crippen molar-refractivity contribution in [2.24, 2.45) is 0 Å². The van der Waals surface area contributed by atoms with Crippen molar-refractivity contribution in [3.05, 3.63) is 95.2 Å². The first-order valence-electron chi connectivity index (χ1n) is 14.0. The molecular formula is C34H38N2O3. The second kappa shape index (κ2) is 11.5. The Labute approximate surface area is 231 Å². The van der Waals surface area contributed by atoms with E-state index in [1.807, 2.05) is 13.8 Å². The molecule has 1 unspecified atom stereocenters. The zero-order valence-electron chi connectivity index (χ0n) is 23.4. The number of aryl methyl sites for hydroxylation is 3. The van der Waals surface area contributed by atoms with E-state index in [2.05, 4.69) is 97.1 Å². The van der Waals surface area contributed by atoms with Gasteiger partial charge in [-0.05, 0) is 75.6 Å². The Morgan fingerprint density at radius 2 is 1.56 bits per heavy atom. The van der Waals surface area contributed by atoms with Gasteiger partial charge in [0.05, 0.1) is 13.0 Å². The zero-order chi connectivity index (χ0) is 27.4. The van der Waals surface area contributed by atoms with Gasteiger partial charge in [-0.3, -0.25) is 4.79 Å². The molecule has 5 heteroatoms.